The molecule has 42 heavy (non-hydrogen) atoms. The van der Waals surface area contributed by atoms with Gasteiger partial charge in [-0.2, -0.15) is 0 Å². The van der Waals surface area contributed by atoms with Gasteiger partial charge < -0.3 is 27.0 Å². The summed E-state index contributed by atoms with van der Waals surface area (Å²) in [5, 5.41) is 10.3. The van der Waals surface area contributed by atoms with Crippen LogP contribution < -0.4 is 31.5 Å². The largest absolute Gasteiger partial charge is 0.368 e. The van der Waals surface area contributed by atoms with E-state index >= 15 is 0 Å². The zero-order valence-corrected chi connectivity index (χ0v) is 25.2. The minimum Gasteiger partial charge on any atom is -0.368 e. The van der Waals surface area contributed by atoms with E-state index in [-0.39, 0.29) is 46.9 Å². The number of carbonyl (C=O) groups excluding carboxylic acids is 5. The molecule has 0 unspecified atom stereocenters. The van der Waals surface area contributed by atoms with Crippen molar-refractivity contribution in [2.45, 2.75) is 38.8 Å². The van der Waals surface area contributed by atoms with Crippen molar-refractivity contribution >= 4 is 46.8 Å². The summed E-state index contributed by atoms with van der Waals surface area (Å²) in [6.45, 7) is 2.98. The molecule has 0 aliphatic carbocycles. The molecule has 0 bridgehead atoms. The van der Waals surface area contributed by atoms with Crippen molar-refractivity contribution in [2.24, 2.45) is 11.7 Å². The molecule has 0 saturated carbocycles. The Morgan fingerprint density at radius 1 is 0.952 bits per heavy atom. The van der Waals surface area contributed by atoms with E-state index in [0.717, 1.165) is 11.6 Å². The van der Waals surface area contributed by atoms with Gasteiger partial charge in [0.15, 0.2) is 11.5 Å². The molecule has 0 fully saturated rings. The molecule has 2 aromatic carbocycles. The fraction of sp³-hybridized carbons (Fsp3) is 0.414. The number of hydrogen-bond donors (Lipinski definition) is 5. The molecule has 0 heterocycles. The highest BCUT2D eigenvalue weighted by molar-refractivity contribution is 6.34. The Hall–Kier alpha value is -4.03. The summed E-state index contributed by atoms with van der Waals surface area (Å²) < 4.78 is 14.9. The van der Waals surface area contributed by atoms with Gasteiger partial charge in [0.05, 0.1) is 38.3 Å². The molecule has 2 atom stereocenters. The zero-order chi connectivity index (χ0) is 31.6. The molecule has 0 aromatic heterocycles. The van der Waals surface area contributed by atoms with Gasteiger partial charge in [-0.25, -0.2) is 4.39 Å². The first kappa shape index (κ1) is 34.2. The van der Waals surface area contributed by atoms with E-state index in [9.17, 15) is 28.4 Å². The van der Waals surface area contributed by atoms with Crippen molar-refractivity contribution < 1.29 is 28.4 Å². The number of rotatable bonds is 14. The molecule has 2 aromatic rings. The average Bonchev–Trinajstić information content (AvgIpc) is 2.90. The number of amides is 5. The van der Waals surface area contributed by atoms with E-state index in [1.54, 1.807) is 59.3 Å². The van der Waals surface area contributed by atoms with Crippen LogP contribution in [0.1, 0.15) is 36.2 Å². The summed E-state index contributed by atoms with van der Waals surface area (Å²) in [7, 11) is 5.28. The van der Waals surface area contributed by atoms with Gasteiger partial charge in [-0.3, -0.25) is 28.5 Å². The quantitative estimate of drug-likeness (QED) is 0.205. The highest BCUT2D eigenvalue weighted by Gasteiger charge is 2.28. The second-order valence-corrected chi connectivity index (χ2v) is 11.4. The third-order valence-corrected chi connectivity index (χ3v) is 6.57. The minimum atomic E-state index is -0.997. The van der Waals surface area contributed by atoms with Gasteiger partial charge in [0.1, 0.15) is 12.1 Å². The van der Waals surface area contributed by atoms with E-state index in [0.29, 0.717) is 5.69 Å². The van der Waals surface area contributed by atoms with Crippen LogP contribution >= 0.6 is 11.6 Å². The number of benzene rings is 2. The second kappa shape index (κ2) is 15.3. The van der Waals surface area contributed by atoms with Gasteiger partial charge in [0.25, 0.3) is 5.91 Å². The lowest BCUT2D eigenvalue weighted by Gasteiger charge is -2.25. The van der Waals surface area contributed by atoms with E-state index in [1.807, 2.05) is 6.07 Å². The molecule has 0 spiro atoms. The number of quaternary nitrogens is 1. The molecular formula is C29H39ClFN6O5+. The Balaban J connectivity index is 2.00. The number of nitrogens with two attached hydrogens (primary N) is 1. The molecule has 0 aliphatic heterocycles. The molecule has 13 heteroatoms. The Labute approximate surface area is 249 Å². The standard InChI is InChI=1S/C29H38ClFN6O5/c1-17(2)26(36-27(40)19-14-21(31)23(15-20(19)30)37(3,4)5)29(42)33-12-11-25(39)35-22(28(41)34-16-24(32)38)13-18-9-7-6-8-10-18/h6-10,14-15,17,22,26H,11-13,16H2,1-5H3,(H5-,32,33,34,35,36,38,39,40,41,42)/p+1/t22-,26-/m0/s1. The maximum absolute atomic E-state index is 14.7. The summed E-state index contributed by atoms with van der Waals surface area (Å²) in [6, 6.07) is 9.43. The zero-order valence-electron chi connectivity index (χ0n) is 24.4. The molecule has 6 N–H and O–H groups in total. The summed E-state index contributed by atoms with van der Waals surface area (Å²) in [5.41, 5.74) is 6.07. The van der Waals surface area contributed by atoms with Crippen LogP contribution in [0.4, 0.5) is 10.1 Å². The maximum atomic E-state index is 14.7. The van der Waals surface area contributed by atoms with Crippen LogP contribution in [0.25, 0.3) is 0 Å². The first-order chi connectivity index (χ1) is 19.6. The monoisotopic (exact) mass is 605 g/mol. The van der Waals surface area contributed by atoms with Crippen LogP contribution in [0.5, 0.6) is 0 Å². The summed E-state index contributed by atoms with van der Waals surface area (Å²) >= 11 is 6.28. The van der Waals surface area contributed by atoms with Crippen molar-refractivity contribution in [3.63, 3.8) is 0 Å². The van der Waals surface area contributed by atoms with E-state index in [4.69, 9.17) is 17.3 Å². The Bertz CT molecular complexity index is 1300. The summed E-state index contributed by atoms with van der Waals surface area (Å²) in [6.07, 6.45) is 0.00629. The fourth-order valence-electron chi connectivity index (χ4n) is 4.01. The van der Waals surface area contributed by atoms with Crippen molar-refractivity contribution in [3.8, 4) is 0 Å². The number of halogens is 2. The summed E-state index contributed by atoms with van der Waals surface area (Å²) in [4.78, 5) is 62.2. The van der Waals surface area contributed by atoms with Gasteiger partial charge in [-0.15, -0.1) is 0 Å². The van der Waals surface area contributed by atoms with Crippen LogP contribution in [0, 0.1) is 11.7 Å². The minimum absolute atomic E-state index is 0.0430. The Kier molecular flexibility index (Phi) is 12.4. The van der Waals surface area contributed by atoms with E-state index < -0.39 is 47.4 Å². The highest BCUT2D eigenvalue weighted by atomic mass is 35.5. The van der Waals surface area contributed by atoms with Gasteiger partial charge in [0, 0.05) is 25.5 Å². The SMILES string of the molecule is CC(C)[C@H](NC(=O)c1cc(F)c([N+](C)(C)C)cc1Cl)C(=O)NCCC(=O)N[C@@H](Cc1ccccc1)C(=O)NCC(N)=O. The van der Waals surface area contributed by atoms with Crippen LogP contribution in [0.2, 0.25) is 5.02 Å². The summed E-state index contributed by atoms with van der Waals surface area (Å²) in [5.74, 6) is -4.05. The normalized spacial score (nSPS) is 12.7. The maximum Gasteiger partial charge on any atom is 0.253 e. The lowest BCUT2D eigenvalue weighted by molar-refractivity contribution is -0.130. The average molecular weight is 606 g/mol. The van der Waals surface area contributed by atoms with Crippen LogP contribution in [-0.4, -0.2) is 75.9 Å². The Morgan fingerprint density at radius 3 is 2.17 bits per heavy atom. The first-order valence-corrected chi connectivity index (χ1v) is 13.8. The van der Waals surface area contributed by atoms with Gasteiger partial charge in [0.2, 0.25) is 23.6 Å². The number of primary amides is 1. The molecule has 0 radical (unpaired) electrons. The van der Waals surface area contributed by atoms with Crippen molar-refractivity contribution in [1.82, 2.24) is 25.8 Å². The third kappa shape index (κ3) is 10.4. The molecule has 0 saturated heterocycles. The van der Waals surface area contributed by atoms with Crippen LogP contribution in [0.3, 0.4) is 0 Å². The smallest absolute Gasteiger partial charge is 0.253 e. The second-order valence-electron chi connectivity index (χ2n) is 11.0. The molecule has 11 nitrogen and oxygen atoms in total. The number of nitrogens with one attached hydrogen (secondary N) is 4. The van der Waals surface area contributed by atoms with Gasteiger partial charge >= 0.3 is 0 Å². The Morgan fingerprint density at radius 2 is 1.60 bits per heavy atom. The van der Waals surface area contributed by atoms with Crippen LogP contribution in [0.15, 0.2) is 42.5 Å². The molecule has 5 amide bonds. The predicted octanol–water partition coefficient (Wildman–Crippen LogP) is 1.27. The number of carbonyl (C=O) groups is 5. The van der Waals surface area contributed by atoms with Crippen molar-refractivity contribution in [1.29, 1.82) is 0 Å². The highest BCUT2D eigenvalue weighted by Crippen LogP contribution is 2.29. The predicted molar refractivity (Wildman–Crippen MR) is 159 cm³/mol. The first-order valence-electron chi connectivity index (χ1n) is 13.4. The van der Waals surface area contributed by atoms with Crippen LogP contribution in [-0.2, 0) is 25.6 Å². The topological polar surface area (TPSA) is 159 Å². The fourth-order valence-corrected chi connectivity index (χ4v) is 4.25. The van der Waals surface area contributed by atoms with Gasteiger partial charge in [-0.1, -0.05) is 55.8 Å². The third-order valence-electron chi connectivity index (χ3n) is 6.26. The molecule has 0 aliphatic rings. The lowest BCUT2D eigenvalue weighted by atomic mass is 10.0. The molecule has 2 rings (SSSR count). The number of hydrogen-bond acceptors (Lipinski definition) is 5. The molecule has 228 valence electrons. The lowest BCUT2D eigenvalue weighted by Crippen LogP contribution is -2.51. The van der Waals surface area contributed by atoms with Crippen molar-refractivity contribution in [3.05, 3.63) is 64.4 Å². The van der Waals surface area contributed by atoms with Crippen molar-refractivity contribution in [2.75, 3.05) is 34.2 Å². The molecular weight excluding hydrogens is 567 g/mol. The van der Waals surface area contributed by atoms with E-state index in [1.165, 1.54) is 6.07 Å². The van der Waals surface area contributed by atoms with E-state index in [2.05, 4.69) is 21.3 Å². The van der Waals surface area contributed by atoms with Gasteiger partial charge in [-0.05, 0) is 17.5 Å². The number of nitrogens with zero attached hydrogens (tertiary/aromatic N) is 1.